The highest BCUT2D eigenvalue weighted by Gasteiger charge is 2.27. The summed E-state index contributed by atoms with van der Waals surface area (Å²) in [7, 11) is 0. The van der Waals surface area contributed by atoms with E-state index in [1.807, 2.05) is 12.1 Å². The second kappa shape index (κ2) is 3.51. The molecule has 3 nitrogen and oxygen atoms in total. The summed E-state index contributed by atoms with van der Waals surface area (Å²) >= 11 is 0. The van der Waals surface area contributed by atoms with Crippen LogP contribution in [0, 0.1) is 0 Å². The van der Waals surface area contributed by atoms with E-state index in [4.69, 9.17) is 4.74 Å². The molecule has 0 bridgehead atoms. The van der Waals surface area contributed by atoms with Crippen molar-refractivity contribution in [3.05, 3.63) is 29.3 Å². The lowest BCUT2D eigenvalue weighted by Crippen LogP contribution is -2.46. The van der Waals surface area contributed by atoms with Gasteiger partial charge in [-0.15, -0.1) is 0 Å². The van der Waals surface area contributed by atoms with Gasteiger partial charge < -0.3 is 15.2 Å². The van der Waals surface area contributed by atoms with Crippen molar-refractivity contribution in [2.45, 2.75) is 24.9 Å². The van der Waals surface area contributed by atoms with E-state index in [0.29, 0.717) is 17.8 Å². The van der Waals surface area contributed by atoms with Crippen molar-refractivity contribution < 1.29 is 9.84 Å². The lowest BCUT2D eigenvalue weighted by Gasteiger charge is -2.30. The van der Waals surface area contributed by atoms with E-state index in [-0.39, 0.29) is 0 Å². The molecule has 1 aromatic rings. The van der Waals surface area contributed by atoms with Gasteiger partial charge in [0.05, 0.1) is 19.3 Å². The number of hydrogen-bond donors (Lipinski definition) is 2. The zero-order valence-electron chi connectivity index (χ0n) is 8.57. The van der Waals surface area contributed by atoms with Crippen molar-refractivity contribution in [2.75, 3.05) is 13.2 Å². The minimum absolute atomic E-state index is 0.376. The number of phenols is 1. The summed E-state index contributed by atoms with van der Waals surface area (Å²) in [5, 5.41) is 13.0. The number of rotatable bonds is 2. The Morgan fingerprint density at radius 3 is 2.93 bits per heavy atom. The first-order valence-corrected chi connectivity index (χ1v) is 5.48. The zero-order chi connectivity index (χ0) is 10.3. The molecule has 0 amide bonds. The van der Waals surface area contributed by atoms with Crippen LogP contribution in [0.3, 0.4) is 0 Å². The van der Waals surface area contributed by atoms with Crippen LogP contribution in [-0.4, -0.2) is 24.4 Å². The quantitative estimate of drug-likeness (QED) is 0.766. The molecule has 1 atom stereocenters. The van der Waals surface area contributed by atoms with E-state index in [2.05, 4.69) is 5.32 Å². The summed E-state index contributed by atoms with van der Waals surface area (Å²) in [6.07, 6.45) is 2.20. The Hall–Kier alpha value is -1.06. The number of benzene rings is 1. The summed E-state index contributed by atoms with van der Waals surface area (Å²) in [6, 6.07) is 6.67. The Kier molecular flexibility index (Phi) is 2.15. The van der Waals surface area contributed by atoms with Crippen LogP contribution in [0.4, 0.5) is 0 Å². The maximum atomic E-state index is 9.38. The third-order valence-corrected chi connectivity index (χ3v) is 3.28. The molecule has 0 saturated carbocycles. The number of fused-ring (bicyclic) bond motifs is 1. The molecule has 1 unspecified atom stereocenters. The molecule has 2 aliphatic rings. The maximum absolute atomic E-state index is 9.38. The molecule has 3 heteroatoms. The monoisotopic (exact) mass is 205 g/mol. The molecule has 15 heavy (non-hydrogen) atoms. The largest absolute Gasteiger partial charge is 0.508 e. The molecule has 1 heterocycles. The van der Waals surface area contributed by atoms with Gasteiger partial charge in [-0.1, -0.05) is 6.07 Å². The first-order chi connectivity index (χ1) is 7.33. The number of ether oxygens (including phenoxy) is 1. The Bertz CT molecular complexity index is 374. The number of aryl methyl sites for hydroxylation is 1. The molecule has 0 radical (unpaired) electrons. The molecule has 1 aromatic carbocycles. The molecular formula is C12H15NO2. The minimum atomic E-state index is 0.376. The third-order valence-electron chi connectivity index (χ3n) is 3.28. The van der Waals surface area contributed by atoms with Gasteiger partial charge in [-0.25, -0.2) is 0 Å². The fourth-order valence-corrected chi connectivity index (χ4v) is 2.39. The number of aromatic hydroxyl groups is 1. The predicted molar refractivity (Wildman–Crippen MR) is 56.9 cm³/mol. The molecule has 1 aliphatic carbocycles. The highest BCUT2D eigenvalue weighted by molar-refractivity contribution is 5.40. The normalized spacial score (nSPS) is 24.9. The number of nitrogens with one attached hydrogen (secondary N) is 1. The molecule has 2 N–H and O–H groups in total. The van der Waals surface area contributed by atoms with Gasteiger partial charge >= 0.3 is 0 Å². The summed E-state index contributed by atoms with van der Waals surface area (Å²) < 4.78 is 5.15. The van der Waals surface area contributed by atoms with Crippen LogP contribution in [0.15, 0.2) is 18.2 Å². The van der Waals surface area contributed by atoms with Gasteiger partial charge in [-0.2, -0.15) is 0 Å². The van der Waals surface area contributed by atoms with Crippen molar-refractivity contribution in [3.8, 4) is 5.75 Å². The van der Waals surface area contributed by atoms with E-state index < -0.39 is 0 Å². The van der Waals surface area contributed by atoms with Crippen LogP contribution in [0.2, 0.25) is 0 Å². The summed E-state index contributed by atoms with van der Waals surface area (Å²) in [4.78, 5) is 0. The van der Waals surface area contributed by atoms with Crippen LogP contribution in [-0.2, 0) is 11.2 Å². The van der Waals surface area contributed by atoms with Gasteiger partial charge in [0.1, 0.15) is 5.75 Å². The highest BCUT2D eigenvalue weighted by atomic mass is 16.5. The van der Waals surface area contributed by atoms with Gasteiger partial charge in [0.25, 0.3) is 0 Å². The van der Waals surface area contributed by atoms with Crippen molar-refractivity contribution in [3.63, 3.8) is 0 Å². The van der Waals surface area contributed by atoms with Crippen LogP contribution in [0.5, 0.6) is 5.75 Å². The molecule has 0 aromatic heterocycles. The molecular weight excluding hydrogens is 190 g/mol. The maximum Gasteiger partial charge on any atom is 0.115 e. The lowest BCUT2D eigenvalue weighted by molar-refractivity contribution is -0.0100. The fourth-order valence-electron chi connectivity index (χ4n) is 2.39. The van der Waals surface area contributed by atoms with E-state index in [0.717, 1.165) is 26.1 Å². The average molecular weight is 205 g/mol. The standard InChI is InChI=1S/C12H15NO2/c14-10-2-3-11-8(5-10)1-4-12(11)13-9-6-15-7-9/h2-3,5,9,12-14H,1,4,6-7H2. The summed E-state index contributed by atoms with van der Waals surface area (Å²) in [5.74, 6) is 0.376. The van der Waals surface area contributed by atoms with Crippen LogP contribution < -0.4 is 5.32 Å². The van der Waals surface area contributed by atoms with E-state index in [1.54, 1.807) is 6.07 Å². The van der Waals surface area contributed by atoms with E-state index in [1.165, 1.54) is 11.1 Å². The van der Waals surface area contributed by atoms with Gasteiger partial charge in [-0.3, -0.25) is 0 Å². The van der Waals surface area contributed by atoms with Crippen molar-refractivity contribution in [2.24, 2.45) is 0 Å². The SMILES string of the molecule is Oc1ccc2c(c1)CCC2NC1COC1. The topological polar surface area (TPSA) is 41.5 Å². The Morgan fingerprint density at radius 2 is 2.20 bits per heavy atom. The third kappa shape index (κ3) is 1.62. The smallest absolute Gasteiger partial charge is 0.115 e. The molecule has 80 valence electrons. The molecule has 1 aliphatic heterocycles. The number of hydrogen-bond acceptors (Lipinski definition) is 3. The van der Waals surface area contributed by atoms with Gasteiger partial charge in [-0.05, 0) is 36.1 Å². The highest BCUT2D eigenvalue weighted by Crippen LogP contribution is 2.33. The second-order valence-electron chi connectivity index (χ2n) is 4.38. The average Bonchev–Trinajstić information content (AvgIpc) is 2.54. The Labute approximate surface area is 89.1 Å². The molecule has 1 saturated heterocycles. The van der Waals surface area contributed by atoms with Crippen molar-refractivity contribution in [1.82, 2.24) is 5.32 Å². The fraction of sp³-hybridized carbons (Fsp3) is 0.500. The second-order valence-corrected chi connectivity index (χ2v) is 4.38. The first kappa shape index (κ1) is 9.19. The minimum Gasteiger partial charge on any atom is -0.508 e. The van der Waals surface area contributed by atoms with E-state index in [9.17, 15) is 5.11 Å². The summed E-state index contributed by atoms with van der Waals surface area (Å²) in [5.41, 5.74) is 2.63. The molecule has 3 rings (SSSR count). The first-order valence-electron chi connectivity index (χ1n) is 5.48. The van der Waals surface area contributed by atoms with E-state index >= 15 is 0 Å². The van der Waals surface area contributed by atoms with Crippen molar-refractivity contribution in [1.29, 1.82) is 0 Å². The molecule has 0 spiro atoms. The Morgan fingerprint density at radius 1 is 1.33 bits per heavy atom. The van der Waals surface area contributed by atoms with Gasteiger partial charge in [0.15, 0.2) is 0 Å². The van der Waals surface area contributed by atoms with Crippen LogP contribution in [0.25, 0.3) is 0 Å². The summed E-state index contributed by atoms with van der Waals surface area (Å²) in [6.45, 7) is 1.67. The number of phenolic OH excluding ortho intramolecular Hbond substituents is 1. The zero-order valence-corrected chi connectivity index (χ0v) is 8.57. The Balaban J connectivity index is 1.78. The van der Waals surface area contributed by atoms with Gasteiger partial charge in [0, 0.05) is 6.04 Å². The van der Waals surface area contributed by atoms with Crippen LogP contribution >= 0.6 is 0 Å². The molecule has 1 fully saturated rings. The van der Waals surface area contributed by atoms with Crippen molar-refractivity contribution >= 4 is 0 Å². The predicted octanol–water partition coefficient (Wildman–Crippen LogP) is 1.37. The lowest BCUT2D eigenvalue weighted by atomic mass is 10.1. The van der Waals surface area contributed by atoms with Gasteiger partial charge in [0.2, 0.25) is 0 Å². The van der Waals surface area contributed by atoms with Crippen LogP contribution in [0.1, 0.15) is 23.6 Å².